The molecule has 1 saturated heterocycles. The van der Waals surface area contributed by atoms with Gasteiger partial charge in [-0.05, 0) is 39.3 Å². The van der Waals surface area contributed by atoms with Gasteiger partial charge in [-0.3, -0.25) is 9.69 Å². The van der Waals surface area contributed by atoms with Gasteiger partial charge in [-0.2, -0.15) is 0 Å². The smallest absolute Gasteiger partial charge is 0.408 e. The number of ether oxygens (including phenoxy) is 3. The van der Waals surface area contributed by atoms with Crippen LogP contribution in [-0.2, 0) is 23.8 Å². The number of allylic oxidation sites excluding steroid dienone is 1. The summed E-state index contributed by atoms with van der Waals surface area (Å²) < 4.78 is 15.4. The molecule has 1 aromatic carbocycles. The molecule has 0 spiro atoms. The number of fused-ring (bicyclic) bond motifs is 1. The second-order valence-corrected chi connectivity index (χ2v) is 7.96. The molecule has 1 aromatic rings. The van der Waals surface area contributed by atoms with E-state index in [0.29, 0.717) is 12.8 Å². The first kappa shape index (κ1) is 21.4. The molecule has 2 heterocycles. The fourth-order valence-corrected chi connectivity index (χ4v) is 3.42. The second-order valence-electron chi connectivity index (χ2n) is 7.96. The third kappa shape index (κ3) is 4.29. The van der Waals surface area contributed by atoms with Crippen LogP contribution in [0.15, 0.2) is 41.8 Å². The van der Waals surface area contributed by atoms with E-state index in [1.165, 1.54) is 24.1 Å². The second kappa shape index (κ2) is 8.17. The molecule has 0 radical (unpaired) electrons. The predicted octanol–water partition coefficient (Wildman–Crippen LogP) is 2.13. The zero-order valence-corrected chi connectivity index (χ0v) is 17.3. The lowest BCUT2D eigenvalue weighted by atomic mass is 9.86. The van der Waals surface area contributed by atoms with Gasteiger partial charge in [0.25, 0.3) is 5.91 Å². The summed E-state index contributed by atoms with van der Waals surface area (Å²) in [7, 11) is 1.38. The number of hydrogen-bond donors (Lipinski definition) is 1. The van der Waals surface area contributed by atoms with Crippen LogP contribution in [-0.4, -0.2) is 53.6 Å². The van der Waals surface area contributed by atoms with E-state index in [-0.39, 0.29) is 17.0 Å². The van der Waals surface area contributed by atoms with Crippen molar-refractivity contribution < 1.29 is 33.4 Å². The first-order chi connectivity index (χ1) is 14.1. The summed E-state index contributed by atoms with van der Waals surface area (Å²) in [5.41, 5.74) is -0.624. The topological polar surface area (TPSA) is 111 Å². The number of carbonyl (C=O) groups is 4. The average Bonchev–Trinajstić information content (AvgIpc) is 2.70. The summed E-state index contributed by atoms with van der Waals surface area (Å²) in [6.45, 7) is 5.15. The van der Waals surface area contributed by atoms with Crippen molar-refractivity contribution in [3.05, 3.63) is 47.4 Å². The number of nitrogens with zero attached hydrogens (tertiary/aromatic N) is 1. The number of esters is 2. The maximum absolute atomic E-state index is 12.7. The summed E-state index contributed by atoms with van der Waals surface area (Å²) in [4.78, 5) is 50.9. The highest BCUT2D eigenvalue weighted by atomic mass is 16.6. The lowest BCUT2D eigenvalue weighted by molar-refractivity contribution is -0.155. The summed E-state index contributed by atoms with van der Waals surface area (Å²) in [5.74, 6) is -2.06. The Labute approximate surface area is 174 Å². The molecule has 0 saturated carbocycles. The molecule has 2 atom stereocenters. The first-order valence-corrected chi connectivity index (χ1v) is 9.53. The molecular weight excluding hydrogens is 392 g/mol. The maximum atomic E-state index is 12.7. The molecule has 3 rings (SSSR count). The minimum atomic E-state index is -0.977. The minimum absolute atomic E-state index is 0.120. The van der Waals surface area contributed by atoms with Gasteiger partial charge in [0.1, 0.15) is 17.4 Å². The Kier molecular flexibility index (Phi) is 5.82. The van der Waals surface area contributed by atoms with Crippen molar-refractivity contribution in [3.8, 4) is 0 Å². The molecule has 0 aliphatic carbocycles. The van der Waals surface area contributed by atoms with Gasteiger partial charge in [-0.1, -0.05) is 18.2 Å². The number of alkyl carbamates (subject to hydrolysis) is 1. The Morgan fingerprint density at radius 3 is 2.37 bits per heavy atom. The summed E-state index contributed by atoms with van der Waals surface area (Å²) in [6.07, 6.45) is 0.102. The van der Waals surface area contributed by atoms with E-state index in [4.69, 9.17) is 14.2 Å². The van der Waals surface area contributed by atoms with Crippen molar-refractivity contribution in [2.45, 2.75) is 51.3 Å². The number of methoxy groups -OCH3 is 1. The molecule has 0 aromatic heterocycles. The van der Waals surface area contributed by atoms with Gasteiger partial charge < -0.3 is 19.5 Å². The predicted molar refractivity (Wildman–Crippen MR) is 104 cm³/mol. The van der Waals surface area contributed by atoms with Crippen LogP contribution in [0.4, 0.5) is 4.79 Å². The van der Waals surface area contributed by atoms with Crippen LogP contribution in [0.3, 0.4) is 0 Å². The SMILES string of the molecule is COC1=C(C(=O)OC(=O)c2ccccc2)N2C(=O)C(NC(=O)OC(C)(C)C)C2CC1. The third-order valence-electron chi connectivity index (χ3n) is 4.70. The lowest BCUT2D eigenvalue weighted by Gasteiger charge is -2.49. The monoisotopic (exact) mass is 416 g/mol. The highest BCUT2D eigenvalue weighted by molar-refractivity contribution is 6.06. The Morgan fingerprint density at radius 1 is 1.10 bits per heavy atom. The molecule has 0 bridgehead atoms. The Hall–Kier alpha value is -3.36. The number of β-lactam (4-membered cyclic amide) rings is 1. The van der Waals surface area contributed by atoms with E-state index < -0.39 is 41.6 Å². The normalized spacial score (nSPS) is 20.7. The lowest BCUT2D eigenvalue weighted by Crippen LogP contribution is -2.72. The van der Waals surface area contributed by atoms with Crippen LogP contribution in [0.1, 0.15) is 44.0 Å². The van der Waals surface area contributed by atoms with E-state index in [9.17, 15) is 19.2 Å². The van der Waals surface area contributed by atoms with Crippen molar-refractivity contribution in [1.29, 1.82) is 0 Å². The summed E-state index contributed by atoms with van der Waals surface area (Å²) in [5, 5.41) is 2.55. The van der Waals surface area contributed by atoms with Crippen LogP contribution >= 0.6 is 0 Å². The van der Waals surface area contributed by atoms with Crippen LogP contribution in [0.25, 0.3) is 0 Å². The third-order valence-corrected chi connectivity index (χ3v) is 4.70. The summed E-state index contributed by atoms with van der Waals surface area (Å²) in [6, 6.07) is 6.75. The molecule has 1 fully saturated rings. The molecule has 2 amide bonds. The molecule has 2 aliphatic heterocycles. The van der Waals surface area contributed by atoms with Gasteiger partial charge in [0.15, 0.2) is 5.70 Å². The quantitative estimate of drug-likeness (QED) is 0.455. The average molecular weight is 416 g/mol. The number of rotatable bonds is 4. The van der Waals surface area contributed by atoms with Gasteiger partial charge in [0, 0.05) is 6.42 Å². The highest BCUT2D eigenvalue weighted by Gasteiger charge is 2.54. The maximum Gasteiger partial charge on any atom is 0.408 e. The molecule has 30 heavy (non-hydrogen) atoms. The Morgan fingerprint density at radius 2 is 1.77 bits per heavy atom. The van der Waals surface area contributed by atoms with E-state index >= 15 is 0 Å². The number of hydrogen-bond acceptors (Lipinski definition) is 7. The summed E-state index contributed by atoms with van der Waals surface area (Å²) >= 11 is 0. The molecule has 9 nitrogen and oxygen atoms in total. The fraction of sp³-hybridized carbons (Fsp3) is 0.429. The van der Waals surface area contributed by atoms with Crippen LogP contribution in [0, 0.1) is 0 Å². The van der Waals surface area contributed by atoms with Gasteiger partial charge in [-0.25, -0.2) is 14.4 Å². The molecular formula is C21H24N2O7. The van der Waals surface area contributed by atoms with Crippen LogP contribution in [0.2, 0.25) is 0 Å². The highest BCUT2D eigenvalue weighted by Crippen LogP contribution is 2.37. The standard InChI is InChI=1S/C21H24N2O7/c1-21(2,3)30-20(27)22-15-13-10-11-14(28-4)16(23(13)17(15)24)19(26)29-18(25)12-8-6-5-7-9-12/h5-9,13,15H,10-11H2,1-4H3,(H,22,27). The van der Waals surface area contributed by atoms with E-state index in [1.807, 2.05) is 0 Å². The molecule has 1 N–H and O–H groups in total. The first-order valence-electron chi connectivity index (χ1n) is 9.53. The Bertz CT molecular complexity index is 902. The molecule has 2 unspecified atom stereocenters. The van der Waals surface area contributed by atoms with Crippen molar-refractivity contribution in [3.63, 3.8) is 0 Å². The van der Waals surface area contributed by atoms with Crippen molar-refractivity contribution >= 4 is 23.9 Å². The molecule has 160 valence electrons. The van der Waals surface area contributed by atoms with Gasteiger partial charge in [-0.15, -0.1) is 0 Å². The van der Waals surface area contributed by atoms with E-state index in [2.05, 4.69) is 5.32 Å². The number of amides is 2. The molecule has 9 heteroatoms. The largest absolute Gasteiger partial charge is 0.499 e. The van der Waals surface area contributed by atoms with Crippen LogP contribution < -0.4 is 5.32 Å². The van der Waals surface area contributed by atoms with Crippen molar-refractivity contribution in [1.82, 2.24) is 10.2 Å². The fourth-order valence-electron chi connectivity index (χ4n) is 3.42. The zero-order chi connectivity index (χ0) is 22.1. The number of nitrogens with one attached hydrogen (secondary N) is 1. The molecule has 2 aliphatic rings. The van der Waals surface area contributed by atoms with E-state index in [0.717, 1.165) is 0 Å². The zero-order valence-electron chi connectivity index (χ0n) is 17.3. The van der Waals surface area contributed by atoms with E-state index in [1.54, 1.807) is 39.0 Å². The van der Waals surface area contributed by atoms with Crippen LogP contribution in [0.5, 0.6) is 0 Å². The van der Waals surface area contributed by atoms with Gasteiger partial charge in [0.2, 0.25) is 0 Å². The van der Waals surface area contributed by atoms with Crippen molar-refractivity contribution in [2.75, 3.05) is 7.11 Å². The van der Waals surface area contributed by atoms with Gasteiger partial charge >= 0.3 is 18.0 Å². The Balaban J connectivity index is 1.74. The number of carbonyl (C=O) groups excluding carboxylic acids is 4. The van der Waals surface area contributed by atoms with Crippen molar-refractivity contribution in [2.24, 2.45) is 0 Å². The minimum Gasteiger partial charge on any atom is -0.499 e. The van der Waals surface area contributed by atoms with Gasteiger partial charge in [0.05, 0.1) is 18.7 Å². The number of benzene rings is 1.